The third kappa shape index (κ3) is 4.08. The second kappa shape index (κ2) is 8.71. The second-order valence-electron chi connectivity index (χ2n) is 7.43. The van der Waals surface area contributed by atoms with Crippen molar-refractivity contribution >= 4 is 15.9 Å². The summed E-state index contributed by atoms with van der Waals surface area (Å²) in [4.78, 5) is 0. The Hall–Kier alpha value is -3.49. The number of benzene rings is 4. The lowest BCUT2D eigenvalue weighted by Crippen LogP contribution is -2.36. The maximum atomic E-state index is 3.66. The standard InChI is InChI=1S/C29H21BrN/c30-26-17-10-18-27(21-26)31-28(23-13-6-2-7-14-23)19-25(22-11-4-1-5-12-22)20-29(31)24-15-8-3-9-16-24/h1-21H/q+1. The molecule has 0 amide bonds. The molecule has 1 aromatic heterocycles. The van der Waals surface area contributed by atoms with E-state index in [-0.39, 0.29) is 0 Å². The molecule has 0 radical (unpaired) electrons. The van der Waals surface area contributed by atoms with E-state index in [1.807, 2.05) is 0 Å². The fourth-order valence-electron chi connectivity index (χ4n) is 3.93. The molecule has 0 aliphatic heterocycles. The van der Waals surface area contributed by atoms with Gasteiger partial charge in [0.05, 0.1) is 0 Å². The number of hydrogen-bond donors (Lipinski definition) is 0. The molecule has 0 N–H and O–H groups in total. The van der Waals surface area contributed by atoms with Gasteiger partial charge in [0.25, 0.3) is 0 Å². The summed E-state index contributed by atoms with van der Waals surface area (Å²) in [7, 11) is 0. The molecular formula is C29H21BrN+. The number of aromatic nitrogens is 1. The lowest BCUT2D eigenvalue weighted by molar-refractivity contribution is -0.572. The predicted octanol–water partition coefficient (Wildman–Crippen LogP) is 7.73. The quantitative estimate of drug-likeness (QED) is 0.240. The summed E-state index contributed by atoms with van der Waals surface area (Å²) in [6.07, 6.45) is 0. The average molecular weight is 463 g/mol. The molecule has 5 rings (SSSR count). The van der Waals surface area contributed by atoms with E-state index in [4.69, 9.17) is 0 Å². The van der Waals surface area contributed by atoms with Crippen molar-refractivity contribution in [2.45, 2.75) is 0 Å². The van der Waals surface area contributed by atoms with Crippen molar-refractivity contribution in [2.75, 3.05) is 0 Å². The van der Waals surface area contributed by atoms with E-state index < -0.39 is 0 Å². The zero-order valence-electron chi connectivity index (χ0n) is 16.9. The molecule has 31 heavy (non-hydrogen) atoms. The van der Waals surface area contributed by atoms with Gasteiger partial charge in [0.2, 0.25) is 17.1 Å². The Morgan fingerprint density at radius 3 is 1.39 bits per heavy atom. The van der Waals surface area contributed by atoms with Gasteiger partial charge in [-0.2, -0.15) is 4.57 Å². The number of nitrogens with zero attached hydrogens (tertiary/aromatic N) is 1. The molecule has 4 aromatic carbocycles. The summed E-state index contributed by atoms with van der Waals surface area (Å²) >= 11 is 3.66. The van der Waals surface area contributed by atoms with Crippen LogP contribution in [-0.2, 0) is 0 Å². The summed E-state index contributed by atoms with van der Waals surface area (Å²) in [5.41, 5.74) is 8.18. The largest absolute Gasteiger partial charge is 0.219 e. The number of rotatable bonds is 4. The molecule has 1 nitrogen and oxygen atoms in total. The molecule has 0 saturated carbocycles. The van der Waals surface area contributed by atoms with E-state index in [1.165, 1.54) is 22.3 Å². The van der Waals surface area contributed by atoms with Crippen LogP contribution < -0.4 is 4.57 Å². The van der Waals surface area contributed by atoms with E-state index >= 15 is 0 Å². The number of hydrogen-bond acceptors (Lipinski definition) is 0. The van der Waals surface area contributed by atoms with Gasteiger partial charge in [0, 0.05) is 39.9 Å². The molecule has 0 spiro atoms. The Balaban J connectivity index is 1.88. The molecule has 5 aromatic rings. The SMILES string of the molecule is Brc1cccc(-[n+]2c(-c3ccccc3)cc(-c3ccccc3)cc2-c2ccccc2)c1. The smallest absolute Gasteiger partial charge is 0.153 e. The highest BCUT2D eigenvalue weighted by atomic mass is 79.9. The molecule has 148 valence electrons. The van der Waals surface area contributed by atoms with Crippen LogP contribution in [0.1, 0.15) is 0 Å². The molecule has 0 atom stereocenters. The first kappa shape index (κ1) is 19.5. The Morgan fingerprint density at radius 1 is 0.419 bits per heavy atom. The Morgan fingerprint density at radius 2 is 0.903 bits per heavy atom. The van der Waals surface area contributed by atoms with E-state index in [1.54, 1.807) is 0 Å². The van der Waals surface area contributed by atoms with Crippen molar-refractivity contribution in [1.29, 1.82) is 0 Å². The van der Waals surface area contributed by atoms with Crippen molar-refractivity contribution in [3.05, 3.63) is 132 Å². The summed E-state index contributed by atoms with van der Waals surface area (Å²) in [5, 5.41) is 0. The molecule has 0 saturated heterocycles. The zero-order valence-corrected chi connectivity index (χ0v) is 18.5. The van der Waals surface area contributed by atoms with Crippen LogP contribution in [0.4, 0.5) is 0 Å². The van der Waals surface area contributed by atoms with E-state index in [2.05, 4.69) is 148 Å². The number of halogens is 1. The van der Waals surface area contributed by atoms with E-state index in [0.29, 0.717) is 0 Å². The first-order valence-corrected chi connectivity index (χ1v) is 11.1. The van der Waals surface area contributed by atoms with Gasteiger partial charge in [-0.25, -0.2) is 0 Å². The van der Waals surface area contributed by atoms with Crippen molar-refractivity contribution in [3.8, 4) is 39.3 Å². The Bertz CT molecular complexity index is 1250. The highest BCUT2D eigenvalue weighted by Gasteiger charge is 2.24. The molecule has 0 unspecified atom stereocenters. The Kier molecular flexibility index (Phi) is 5.47. The van der Waals surface area contributed by atoms with Crippen LogP contribution in [0, 0.1) is 0 Å². The summed E-state index contributed by atoms with van der Waals surface area (Å²) in [6, 6.07) is 44.8. The molecule has 0 fully saturated rings. The fraction of sp³-hybridized carbons (Fsp3) is 0. The van der Waals surface area contributed by atoms with Gasteiger partial charge in [-0.1, -0.05) is 88.7 Å². The van der Waals surface area contributed by atoms with Crippen LogP contribution in [0.15, 0.2) is 132 Å². The fourth-order valence-corrected chi connectivity index (χ4v) is 4.32. The van der Waals surface area contributed by atoms with Crippen LogP contribution in [0.5, 0.6) is 0 Å². The highest BCUT2D eigenvalue weighted by Crippen LogP contribution is 2.30. The van der Waals surface area contributed by atoms with Crippen molar-refractivity contribution in [1.82, 2.24) is 0 Å². The van der Waals surface area contributed by atoms with Gasteiger partial charge < -0.3 is 0 Å². The van der Waals surface area contributed by atoms with Crippen molar-refractivity contribution in [3.63, 3.8) is 0 Å². The molecule has 0 bridgehead atoms. The maximum Gasteiger partial charge on any atom is 0.219 e. The second-order valence-corrected chi connectivity index (χ2v) is 8.34. The molecular weight excluding hydrogens is 442 g/mol. The third-order valence-electron chi connectivity index (χ3n) is 5.38. The van der Waals surface area contributed by atoms with Gasteiger partial charge in [-0.05, 0) is 41.5 Å². The van der Waals surface area contributed by atoms with Crippen LogP contribution in [-0.4, -0.2) is 0 Å². The lowest BCUT2D eigenvalue weighted by atomic mass is 9.98. The average Bonchev–Trinajstić information content (AvgIpc) is 2.85. The van der Waals surface area contributed by atoms with Gasteiger partial charge in [-0.15, -0.1) is 0 Å². The van der Waals surface area contributed by atoms with Crippen LogP contribution in [0.3, 0.4) is 0 Å². The first-order valence-electron chi connectivity index (χ1n) is 10.3. The summed E-state index contributed by atoms with van der Waals surface area (Å²) in [6.45, 7) is 0. The molecule has 2 heteroatoms. The zero-order chi connectivity index (χ0) is 21.0. The van der Waals surface area contributed by atoms with Crippen molar-refractivity contribution in [2.24, 2.45) is 0 Å². The van der Waals surface area contributed by atoms with E-state index in [9.17, 15) is 0 Å². The highest BCUT2D eigenvalue weighted by molar-refractivity contribution is 9.10. The maximum absolute atomic E-state index is 3.66. The van der Waals surface area contributed by atoms with Gasteiger partial charge >= 0.3 is 0 Å². The number of pyridine rings is 1. The van der Waals surface area contributed by atoms with Gasteiger partial charge in [0.15, 0.2) is 0 Å². The van der Waals surface area contributed by atoms with E-state index in [0.717, 1.165) is 21.5 Å². The lowest BCUT2D eigenvalue weighted by Gasteiger charge is -2.12. The molecule has 0 aliphatic rings. The van der Waals surface area contributed by atoms with Gasteiger partial charge in [0.1, 0.15) is 0 Å². The summed E-state index contributed by atoms with van der Waals surface area (Å²) in [5.74, 6) is 0. The third-order valence-corrected chi connectivity index (χ3v) is 5.87. The van der Waals surface area contributed by atoms with Crippen molar-refractivity contribution < 1.29 is 4.57 Å². The monoisotopic (exact) mass is 462 g/mol. The molecule has 1 heterocycles. The molecule has 0 aliphatic carbocycles. The minimum atomic E-state index is 1.06. The van der Waals surface area contributed by atoms with Crippen LogP contribution >= 0.6 is 15.9 Å². The minimum Gasteiger partial charge on any atom is -0.153 e. The topological polar surface area (TPSA) is 3.88 Å². The Labute approximate surface area is 191 Å². The van der Waals surface area contributed by atoms with Crippen LogP contribution in [0.25, 0.3) is 39.3 Å². The normalized spacial score (nSPS) is 10.7. The van der Waals surface area contributed by atoms with Gasteiger partial charge in [-0.3, -0.25) is 0 Å². The minimum absolute atomic E-state index is 1.06. The first-order chi connectivity index (χ1) is 15.3. The summed E-state index contributed by atoms with van der Waals surface area (Å²) < 4.78 is 3.41. The van der Waals surface area contributed by atoms with Crippen LogP contribution in [0.2, 0.25) is 0 Å². The predicted molar refractivity (Wildman–Crippen MR) is 132 cm³/mol.